The number of alkyl carbamates (subject to hydrolysis) is 1. The van der Waals surface area contributed by atoms with Crippen molar-refractivity contribution in [2.24, 2.45) is 0 Å². The van der Waals surface area contributed by atoms with Gasteiger partial charge in [-0.2, -0.15) is 0 Å². The topological polar surface area (TPSA) is 117 Å². The zero-order valence-corrected chi connectivity index (χ0v) is 11.8. The molecule has 2 aliphatic rings. The monoisotopic (exact) mass is 313 g/mol. The van der Waals surface area contributed by atoms with E-state index >= 15 is 0 Å². The molecule has 2 fully saturated rings. The van der Waals surface area contributed by atoms with E-state index in [-0.39, 0.29) is 25.1 Å². The Balaban J connectivity index is 1.73. The molecular formula is C13H15NO8. The van der Waals surface area contributed by atoms with Gasteiger partial charge in [0, 0.05) is 5.57 Å². The van der Waals surface area contributed by atoms with Gasteiger partial charge in [0.15, 0.2) is 12.2 Å². The Morgan fingerprint density at radius 1 is 1.36 bits per heavy atom. The lowest BCUT2D eigenvalue weighted by molar-refractivity contribution is -0.152. The number of hydrogen-bond donors (Lipinski definition) is 1. The zero-order chi connectivity index (χ0) is 16.3. The minimum absolute atomic E-state index is 0.00644. The maximum atomic E-state index is 11.6. The van der Waals surface area contributed by atoms with Gasteiger partial charge in [0.25, 0.3) is 0 Å². The average molecular weight is 313 g/mol. The summed E-state index contributed by atoms with van der Waals surface area (Å²) < 4.78 is 19.4. The van der Waals surface area contributed by atoms with Crippen LogP contribution < -0.4 is 5.32 Å². The fraction of sp³-hybridized carbons (Fsp3) is 0.538. The molecule has 120 valence electrons. The average Bonchev–Trinajstić information content (AvgIpc) is 2.92. The Labute approximate surface area is 125 Å². The molecule has 0 saturated carbocycles. The number of carbonyl (C=O) groups excluding carboxylic acids is 4. The van der Waals surface area contributed by atoms with Gasteiger partial charge in [-0.15, -0.1) is 0 Å². The Hall–Kier alpha value is -2.58. The summed E-state index contributed by atoms with van der Waals surface area (Å²) in [6.45, 7) is 4.82. The van der Waals surface area contributed by atoms with E-state index in [9.17, 15) is 19.2 Å². The molecule has 1 N–H and O–H groups in total. The lowest BCUT2D eigenvalue weighted by Gasteiger charge is -2.14. The SMILES string of the molecule is C=C(C)C(=O)OCCNC(=O)OC1C(=O)OC2CC(=O)OC21. The highest BCUT2D eigenvalue weighted by atomic mass is 16.7. The molecule has 2 rings (SSSR count). The second-order valence-electron chi connectivity index (χ2n) is 4.80. The summed E-state index contributed by atoms with van der Waals surface area (Å²) in [7, 11) is 0. The summed E-state index contributed by atoms with van der Waals surface area (Å²) in [5.41, 5.74) is 0.241. The van der Waals surface area contributed by atoms with Crippen molar-refractivity contribution >= 4 is 24.0 Å². The molecule has 0 radical (unpaired) electrons. The first kappa shape index (κ1) is 15.8. The summed E-state index contributed by atoms with van der Waals surface area (Å²) in [6, 6.07) is 0. The summed E-state index contributed by atoms with van der Waals surface area (Å²) in [6.07, 6.45) is -3.86. The predicted octanol–water partition coefficient (Wildman–Crippen LogP) is -0.559. The van der Waals surface area contributed by atoms with Crippen LogP contribution in [-0.2, 0) is 33.3 Å². The third-order valence-electron chi connectivity index (χ3n) is 2.99. The third-order valence-corrected chi connectivity index (χ3v) is 2.99. The van der Waals surface area contributed by atoms with Crippen molar-refractivity contribution in [2.75, 3.05) is 13.2 Å². The quantitative estimate of drug-likeness (QED) is 0.311. The van der Waals surface area contributed by atoms with Crippen LogP contribution in [0.4, 0.5) is 4.79 Å². The van der Waals surface area contributed by atoms with Crippen molar-refractivity contribution in [3.8, 4) is 0 Å². The molecule has 2 heterocycles. The van der Waals surface area contributed by atoms with Gasteiger partial charge in [-0.1, -0.05) is 6.58 Å². The predicted molar refractivity (Wildman–Crippen MR) is 68.4 cm³/mol. The molecule has 0 aromatic rings. The van der Waals surface area contributed by atoms with Crippen LogP contribution in [0.2, 0.25) is 0 Å². The summed E-state index contributed by atoms with van der Waals surface area (Å²) in [4.78, 5) is 45.3. The van der Waals surface area contributed by atoms with Crippen LogP contribution in [-0.4, -0.2) is 55.5 Å². The van der Waals surface area contributed by atoms with Gasteiger partial charge in [-0.05, 0) is 6.92 Å². The molecule has 1 amide bonds. The van der Waals surface area contributed by atoms with E-state index in [1.807, 2.05) is 0 Å². The highest BCUT2D eigenvalue weighted by molar-refractivity contribution is 5.87. The number of amides is 1. The van der Waals surface area contributed by atoms with Crippen molar-refractivity contribution in [1.29, 1.82) is 0 Å². The van der Waals surface area contributed by atoms with E-state index in [4.69, 9.17) is 18.9 Å². The number of nitrogens with one attached hydrogen (secondary N) is 1. The fourth-order valence-electron chi connectivity index (χ4n) is 1.96. The van der Waals surface area contributed by atoms with Crippen molar-refractivity contribution in [3.63, 3.8) is 0 Å². The molecule has 9 heteroatoms. The maximum absolute atomic E-state index is 11.6. The Morgan fingerprint density at radius 2 is 2.09 bits per heavy atom. The lowest BCUT2D eigenvalue weighted by atomic mass is 10.1. The van der Waals surface area contributed by atoms with E-state index in [1.165, 1.54) is 6.92 Å². The second-order valence-corrected chi connectivity index (χ2v) is 4.80. The van der Waals surface area contributed by atoms with Gasteiger partial charge in [0.2, 0.25) is 6.10 Å². The van der Waals surface area contributed by atoms with Crippen LogP contribution in [0.5, 0.6) is 0 Å². The molecule has 2 aliphatic heterocycles. The number of hydrogen-bond acceptors (Lipinski definition) is 8. The van der Waals surface area contributed by atoms with E-state index in [0.29, 0.717) is 0 Å². The van der Waals surface area contributed by atoms with E-state index in [0.717, 1.165) is 0 Å². The normalized spacial score (nSPS) is 25.8. The number of esters is 3. The van der Waals surface area contributed by atoms with E-state index in [1.54, 1.807) is 0 Å². The van der Waals surface area contributed by atoms with E-state index in [2.05, 4.69) is 11.9 Å². The van der Waals surface area contributed by atoms with Gasteiger partial charge >= 0.3 is 24.0 Å². The smallest absolute Gasteiger partial charge is 0.408 e. The molecule has 0 spiro atoms. The lowest BCUT2D eigenvalue weighted by Crippen LogP contribution is -2.39. The Morgan fingerprint density at radius 3 is 2.77 bits per heavy atom. The molecule has 0 aromatic heterocycles. The molecular weight excluding hydrogens is 298 g/mol. The molecule has 0 aliphatic carbocycles. The minimum atomic E-state index is -1.28. The van der Waals surface area contributed by atoms with Crippen LogP contribution in [0.25, 0.3) is 0 Å². The van der Waals surface area contributed by atoms with Crippen LogP contribution in [0, 0.1) is 0 Å². The largest absolute Gasteiger partial charge is 0.460 e. The van der Waals surface area contributed by atoms with Crippen LogP contribution in [0.1, 0.15) is 13.3 Å². The van der Waals surface area contributed by atoms with Crippen LogP contribution in [0.15, 0.2) is 12.2 Å². The minimum Gasteiger partial charge on any atom is -0.460 e. The Kier molecular flexibility index (Phi) is 4.64. The van der Waals surface area contributed by atoms with Gasteiger partial charge in [0.05, 0.1) is 13.0 Å². The number of rotatable bonds is 5. The fourth-order valence-corrected chi connectivity index (χ4v) is 1.96. The molecule has 3 atom stereocenters. The molecule has 22 heavy (non-hydrogen) atoms. The number of fused-ring (bicyclic) bond motifs is 1. The molecule has 2 saturated heterocycles. The van der Waals surface area contributed by atoms with Crippen molar-refractivity contribution in [3.05, 3.63) is 12.2 Å². The highest BCUT2D eigenvalue weighted by Gasteiger charge is 2.54. The molecule has 0 aromatic carbocycles. The summed E-state index contributed by atoms with van der Waals surface area (Å²) in [5, 5.41) is 2.30. The molecule has 3 unspecified atom stereocenters. The third kappa shape index (κ3) is 3.54. The number of ether oxygens (including phenoxy) is 4. The van der Waals surface area contributed by atoms with E-state index < -0.39 is 42.3 Å². The molecule has 9 nitrogen and oxygen atoms in total. The first-order valence-electron chi connectivity index (χ1n) is 6.55. The second kappa shape index (κ2) is 6.46. The van der Waals surface area contributed by atoms with Crippen LogP contribution in [0.3, 0.4) is 0 Å². The highest BCUT2D eigenvalue weighted by Crippen LogP contribution is 2.30. The van der Waals surface area contributed by atoms with Crippen molar-refractivity contribution in [2.45, 2.75) is 31.7 Å². The molecule has 0 bridgehead atoms. The zero-order valence-electron chi connectivity index (χ0n) is 11.8. The van der Waals surface area contributed by atoms with Gasteiger partial charge in [-0.3, -0.25) is 4.79 Å². The summed E-state index contributed by atoms with van der Waals surface area (Å²) in [5.74, 6) is -1.84. The first-order chi connectivity index (χ1) is 10.4. The van der Waals surface area contributed by atoms with Crippen molar-refractivity contribution in [1.82, 2.24) is 5.32 Å². The Bertz CT molecular complexity index is 528. The van der Waals surface area contributed by atoms with Gasteiger partial charge < -0.3 is 24.3 Å². The van der Waals surface area contributed by atoms with Gasteiger partial charge in [-0.25, -0.2) is 14.4 Å². The van der Waals surface area contributed by atoms with Crippen LogP contribution >= 0.6 is 0 Å². The maximum Gasteiger partial charge on any atom is 0.408 e. The van der Waals surface area contributed by atoms with Crippen molar-refractivity contribution < 1.29 is 38.1 Å². The first-order valence-corrected chi connectivity index (χ1v) is 6.55. The summed E-state index contributed by atoms with van der Waals surface area (Å²) >= 11 is 0. The number of carbonyl (C=O) groups is 4. The van der Waals surface area contributed by atoms with Gasteiger partial charge in [0.1, 0.15) is 6.61 Å². The standard InChI is InChI=1S/C13H15NO8/c1-6(2)11(16)19-4-3-14-13(18)22-10-9-7(20-12(10)17)5-8(15)21-9/h7,9-10H,1,3-5H2,2H3,(H,14,18).